The highest BCUT2D eigenvalue weighted by molar-refractivity contribution is 7.89. The van der Waals surface area contributed by atoms with Gasteiger partial charge in [-0.2, -0.15) is 0 Å². The van der Waals surface area contributed by atoms with E-state index in [0.717, 1.165) is 17.5 Å². The summed E-state index contributed by atoms with van der Waals surface area (Å²) in [4.78, 5) is 0.269. The topological polar surface area (TPSA) is 64.6 Å². The molecule has 6 heteroatoms. The van der Waals surface area contributed by atoms with Crippen molar-refractivity contribution in [1.29, 1.82) is 0 Å². The SMILES string of the molecule is CCOc1ccc(CNS(=O)(=O)c2ccc(C(C)CC)cc2)cc1OCC. The Balaban J connectivity index is 2.11. The molecular weight excluding hydrogens is 362 g/mol. The average molecular weight is 392 g/mol. The van der Waals surface area contributed by atoms with Gasteiger partial charge in [-0.3, -0.25) is 0 Å². The molecule has 0 bridgehead atoms. The van der Waals surface area contributed by atoms with Crippen LogP contribution in [0.1, 0.15) is 51.2 Å². The standard InChI is InChI=1S/C21H29NO4S/c1-5-16(4)18-9-11-19(12-10-18)27(23,24)22-15-17-8-13-20(25-6-2)21(14-17)26-7-3/h8-14,16,22H,5-7,15H2,1-4H3. The first-order chi connectivity index (χ1) is 12.9. The second-order valence-corrected chi connectivity index (χ2v) is 8.12. The normalized spacial score (nSPS) is 12.6. The molecule has 0 heterocycles. The zero-order chi connectivity index (χ0) is 19.9. The van der Waals surface area contributed by atoms with Crippen LogP contribution >= 0.6 is 0 Å². The molecule has 1 N–H and O–H groups in total. The molecule has 1 atom stereocenters. The predicted octanol–water partition coefficient (Wildman–Crippen LogP) is 4.48. The minimum Gasteiger partial charge on any atom is -0.490 e. The summed E-state index contributed by atoms with van der Waals surface area (Å²) in [5.41, 5.74) is 1.95. The molecule has 0 aliphatic carbocycles. The first-order valence-electron chi connectivity index (χ1n) is 9.39. The number of ether oxygens (including phenoxy) is 2. The highest BCUT2D eigenvalue weighted by Crippen LogP contribution is 2.28. The van der Waals surface area contributed by atoms with Crippen LogP contribution in [-0.2, 0) is 16.6 Å². The molecule has 0 radical (unpaired) electrons. The van der Waals surface area contributed by atoms with Crippen molar-refractivity contribution in [2.45, 2.75) is 51.5 Å². The van der Waals surface area contributed by atoms with E-state index in [-0.39, 0.29) is 11.4 Å². The Morgan fingerprint density at radius 2 is 1.56 bits per heavy atom. The molecule has 1 unspecified atom stereocenters. The average Bonchev–Trinajstić information content (AvgIpc) is 2.68. The molecule has 2 aromatic rings. The van der Waals surface area contributed by atoms with Gasteiger partial charge in [0.1, 0.15) is 0 Å². The molecule has 0 aromatic heterocycles. The molecule has 0 aliphatic heterocycles. The summed E-state index contributed by atoms with van der Waals surface area (Å²) in [6.45, 7) is 9.28. The van der Waals surface area contributed by atoms with Gasteiger partial charge in [0.15, 0.2) is 11.5 Å². The lowest BCUT2D eigenvalue weighted by molar-refractivity contribution is 0.287. The third-order valence-electron chi connectivity index (χ3n) is 4.45. The van der Waals surface area contributed by atoms with E-state index in [0.29, 0.717) is 30.6 Å². The fourth-order valence-corrected chi connectivity index (χ4v) is 3.70. The smallest absolute Gasteiger partial charge is 0.240 e. The molecule has 2 aromatic carbocycles. The van der Waals surface area contributed by atoms with Crippen LogP contribution in [0.3, 0.4) is 0 Å². The summed E-state index contributed by atoms with van der Waals surface area (Å²) in [7, 11) is -3.58. The Morgan fingerprint density at radius 1 is 0.926 bits per heavy atom. The summed E-state index contributed by atoms with van der Waals surface area (Å²) in [6, 6.07) is 12.5. The van der Waals surface area contributed by atoms with Gasteiger partial charge in [0.05, 0.1) is 18.1 Å². The number of hydrogen-bond donors (Lipinski definition) is 1. The van der Waals surface area contributed by atoms with Gasteiger partial charge in [-0.05, 0) is 61.6 Å². The maximum absolute atomic E-state index is 12.6. The van der Waals surface area contributed by atoms with Crippen molar-refractivity contribution in [2.24, 2.45) is 0 Å². The summed E-state index contributed by atoms with van der Waals surface area (Å²) in [6.07, 6.45) is 1.02. The van der Waals surface area contributed by atoms with Gasteiger partial charge in [-0.15, -0.1) is 0 Å². The highest BCUT2D eigenvalue weighted by Gasteiger charge is 2.15. The zero-order valence-corrected chi connectivity index (χ0v) is 17.3. The number of hydrogen-bond acceptors (Lipinski definition) is 4. The van der Waals surface area contributed by atoms with Crippen LogP contribution in [0.25, 0.3) is 0 Å². The lowest BCUT2D eigenvalue weighted by atomic mass is 9.99. The van der Waals surface area contributed by atoms with Crippen LogP contribution in [0.2, 0.25) is 0 Å². The second-order valence-electron chi connectivity index (χ2n) is 6.35. The van der Waals surface area contributed by atoms with Crippen molar-refractivity contribution in [3.63, 3.8) is 0 Å². The van der Waals surface area contributed by atoms with Gasteiger partial charge in [0, 0.05) is 6.54 Å². The zero-order valence-electron chi connectivity index (χ0n) is 16.5. The molecule has 0 amide bonds. The predicted molar refractivity (Wildman–Crippen MR) is 108 cm³/mol. The van der Waals surface area contributed by atoms with E-state index < -0.39 is 10.0 Å². The Hall–Kier alpha value is -2.05. The molecule has 0 saturated heterocycles. The summed E-state index contributed by atoms with van der Waals surface area (Å²) < 4.78 is 38.9. The van der Waals surface area contributed by atoms with Crippen LogP contribution in [-0.4, -0.2) is 21.6 Å². The fraction of sp³-hybridized carbons (Fsp3) is 0.429. The largest absolute Gasteiger partial charge is 0.490 e. The molecule has 2 rings (SSSR count). The minimum absolute atomic E-state index is 0.182. The molecule has 27 heavy (non-hydrogen) atoms. The Bertz CT molecular complexity index is 832. The third kappa shape index (κ3) is 5.71. The number of nitrogens with one attached hydrogen (secondary N) is 1. The summed E-state index contributed by atoms with van der Waals surface area (Å²) >= 11 is 0. The van der Waals surface area contributed by atoms with Gasteiger partial charge >= 0.3 is 0 Å². The number of rotatable bonds is 10. The molecule has 0 fully saturated rings. The second kappa shape index (κ2) is 9.76. The van der Waals surface area contributed by atoms with Crippen molar-refractivity contribution in [2.75, 3.05) is 13.2 Å². The third-order valence-corrected chi connectivity index (χ3v) is 5.86. The molecular formula is C21H29NO4S. The van der Waals surface area contributed by atoms with Gasteiger partial charge < -0.3 is 9.47 Å². The van der Waals surface area contributed by atoms with Crippen molar-refractivity contribution >= 4 is 10.0 Å². The first-order valence-corrected chi connectivity index (χ1v) is 10.9. The Labute approximate surface area is 162 Å². The quantitative estimate of drug-likeness (QED) is 0.649. The molecule has 0 aliphatic rings. The van der Waals surface area contributed by atoms with Crippen LogP contribution in [0.4, 0.5) is 0 Å². The molecule has 5 nitrogen and oxygen atoms in total. The van der Waals surface area contributed by atoms with Gasteiger partial charge in [0.25, 0.3) is 0 Å². The van der Waals surface area contributed by atoms with Crippen molar-refractivity contribution in [3.05, 3.63) is 53.6 Å². The summed E-state index contributed by atoms with van der Waals surface area (Å²) in [5.74, 6) is 1.69. The lowest BCUT2D eigenvalue weighted by Crippen LogP contribution is -2.23. The van der Waals surface area contributed by atoms with Crippen molar-refractivity contribution in [1.82, 2.24) is 4.72 Å². The maximum atomic E-state index is 12.6. The van der Waals surface area contributed by atoms with Crippen LogP contribution in [0, 0.1) is 0 Å². The van der Waals surface area contributed by atoms with Crippen LogP contribution in [0.5, 0.6) is 11.5 Å². The van der Waals surface area contributed by atoms with Gasteiger partial charge in [0.2, 0.25) is 10.0 Å². The monoisotopic (exact) mass is 391 g/mol. The summed E-state index contributed by atoms with van der Waals surface area (Å²) in [5, 5.41) is 0. The first kappa shape index (κ1) is 21.3. The Morgan fingerprint density at radius 3 is 2.15 bits per heavy atom. The minimum atomic E-state index is -3.58. The van der Waals surface area contributed by atoms with E-state index in [1.54, 1.807) is 18.2 Å². The van der Waals surface area contributed by atoms with Gasteiger partial charge in [-0.1, -0.05) is 32.0 Å². The lowest BCUT2D eigenvalue weighted by Gasteiger charge is -2.13. The highest BCUT2D eigenvalue weighted by atomic mass is 32.2. The molecule has 0 spiro atoms. The molecule has 148 valence electrons. The van der Waals surface area contributed by atoms with E-state index in [2.05, 4.69) is 18.6 Å². The van der Waals surface area contributed by atoms with E-state index >= 15 is 0 Å². The number of benzene rings is 2. The van der Waals surface area contributed by atoms with Gasteiger partial charge in [-0.25, -0.2) is 13.1 Å². The van der Waals surface area contributed by atoms with E-state index in [1.165, 1.54) is 0 Å². The Kier molecular flexibility index (Phi) is 7.68. The van der Waals surface area contributed by atoms with E-state index in [4.69, 9.17) is 9.47 Å². The van der Waals surface area contributed by atoms with Crippen LogP contribution in [0.15, 0.2) is 47.4 Å². The number of sulfonamides is 1. The fourth-order valence-electron chi connectivity index (χ4n) is 2.68. The van der Waals surface area contributed by atoms with Crippen molar-refractivity contribution < 1.29 is 17.9 Å². The van der Waals surface area contributed by atoms with E-state index in [9.17, 15) is 8.42 Å². The molecule has 0 saturated carbocycles. The van der Waals surface area contributed by atoms with E-state index in [1.807, 2.05) is 38.1 Å². The van der Waals surface area contributed by atoms with Crippen LogP contribution < -0.4 is 14.2 Å². The maximum Gasteiger partial charge on any atom is 0.240 e. The van der Waals surface area contributed by atoms with Crippen molar-refractivity contribution in [3.8, 4) is 11.5 Å².